The first-order chi connectivity index (χ1) is 6.86. The van der Waals surface area contributed by atoms with Crippen molar-refractivity contribution >= 4 is 11.6 Å². The van der Waals surface area contributed by atoms with Crippen molar-refractivity contribution in [1.29, 1.82) is 0 Å². The molecule has 0 fully saturated rings. The molecule has 0 atom stereocenters. The Labute approximate surface area is 88.2 Å². The van der Waals surface area contributed by atoms with Gasteiger partial charge in [0.2, 0.25) is 5.88 Å². The summed E-state index contributed by atoms with van der Waals surface area (Å²) in [5.74, 6) is 0.866. The minimum atomic E-state index is 0.367. The smallest absolute Gasteiger partial charge is 0.232 e. The molecule has 4 nitrogen and oxygen atoms in total. The number of alkyl halides is 1. The number of hydrogen-bond donors (Lipinski definition) is 0. The van der Waals surface area contributed by atoms with Crippen molar-refractivity contribution in [3.63, 3.8) is 0 Å². The van der Waals surface area contributed by atoms with Gasteiger partial charge in [0.15, 0.2) is 0 Å². The second kappa shape index (κ2) is 6.56. The molecule has 0 aliphatic carbocycles. The number of nitrogens with zero attached hydrogens (tertiary/aromatic N) is 2. The van der Waals surface area contributed by atoms with Crippen LogP contribution in [0.25, 0.3) is 0 Å². The minimum absolute atomic E-state index is 0.367. The Kier molecular flexibility index (Phi) is 5.25. The van der Waals surface area contributed by atoms with Gasteiger partial charge in [-0.3, -0.25) is 4.98 Å². The number of ether oxygens (including phenoxy) is 2. The average Bonchev–Trinajstić information content (AvgIpc) is 2.25. The summed E-state index contributed by atoms with van der Waals surface area (Å²) in [6.07, 6.45) is 3.16. The summed E-state index contributed by atoms with van der Waals surface area (Å²) in [6, 6.07) is 0. The number of aromatic nitrogens is 2. The summed E-state index contributed by atoms with van der Waals surface area (Å²) in [6.45, 7) is 3.69. The Morgan fingerprint density at radius 3 is 2.71 bits per heavy atom. The van der Waals surface area contributed by atoms with Gasteiger partial charge in [-0.15, -0.1) is 11.6 Å². The molecule has 1 aromatic rings. The SMILES string of the molecule is CCOCCOc1cnc(CCl)cn1. The van der Waals surface area contributed by atoms with Crippen molar-refractivity contribution in [1.82, 2.24) is 9.97 Å². The van der Waals surface area contributed by atoms with E-state index in [0.29, 0.717) is 31.6 Å². The standard InChI is InChI=1S/C9H13ClN2O2/c1-2-13-3-4-14-9-7-11-8(5-10)6-12-9/h6-7H,2-5H2,1H3. The first-order valence-electron chi connectivity index (χ1n) is 4.44. The third-order valence-corrected chi connectivity index (χ3v) is 1.77. The highest BCUT2D eigenvalue weighted by atomic mass is 35.5. The fourth-order valence-corrected chi connectivity index (χ4v) is 0.974. The first-order valence-corrected chi connectivity index (χ1v) is 4.97. The first kappa shape index (κ1) is 11.2. The van der Waals surface area contributed by atoms with Crippen LogP contribution in [0.4, 0.5) is 0 Å². The van der Waals surface area contributed by atoms with Gasteiger partial charge >= 0.3 is 0 Å². The second-order valence-corrected chi connectivity index (χ2v) is 2.79. The van der Waals surface area contributed by atoms with E-state index < -0.39 is 0 Å². The average molecular weight is 217 g/mol. The minimum Gasteiger partial charge on any atom is -0.474 e. The van der Waals surface area contributed by atoms with E-state index >= 15 is 0 Å². The predicted molar refractivity (Wildman–Crippen MR) is 53.6 cm³/mol. The third-order valence-electron chi connectivity index (χ3n) is 1.50. The van der Waals surface area contributed by atoms with E-state index in [0.717, 1.165) is 5.69 Å². The van der Waals surface area contributed by atoms with E-state index in [9.17, 15) is 0 Å². The Bertz CT molecular complexity index is 253. The molecular formula is C9H13ClN2O2. The van der Waals surface area contributed by atoms with Crippen LogP contribution in [0.15, 0.2) is 12.4 Å². The topological polar surface area (TPSA) is 44.2 Å². The predicted octanol–water partition coefficient (Wildman–Crippen LogP) is 1.63. The molecule has 0 unspecified atom stereocenters. The van der Waals surface area contributed by atoms with Crippen LogP contribution >= 0.6 is 11.6 Å². The molecule has 0 spiro atoms. The highest BCUT2D eigenvalue weighted by Gasteiger charge is 1.96. The molecule has 0 saturated heterocycles. The van der Waals surface area contributed by atoms with E-state index in [1.807, 2.05) is 6.92 Å². The maximum absolute atomic E-state index is 5.56. The number of halogens is 1. The molecule has 5 heteroatoms. The zero-order chi connectivity index (χ0) is 10.2. The van der Waals surface area contributed by atoms with Crippen molar-refractivity contribution in [2.75, 3.05) is 19.8 Å². The highest BCUT2D eigenvalue weighted by molar-refractivity contribution is 6.16. The van der Waals surface area contributed by atoms with Crippen molar-refractivity contribution in [3.8, 4) is 5.88 Å². The van der Waals surface area contributed by atoms with Crippen LogP contribution in [0.5, 0.6) is 5.88 Å². The van der Waals surface area contributed by atoms with Gasteiger partial charge in [0.25, 0.3) is 0 Å². The van der Waals surface area contributed by atoms with Crippen LogP contribution in [-0.4, -0.2) is 29.8 Å². The second-order valence-electron chi connectivity index (χ2n) is 2.52. The van der Waals surface area contributed by atoms with E-state index in [1.165, 1.54) is 0 Å². The Balaban J connectivity index is 2.29. The molecule has 0 amide bonds. The Morgan fingerprint density at radius 2 is 2.14 bits per heavy atom. The molecule has 1 rings (SSSR count). The van der Waals surface area contributed by atoms with Crippen LogP contribution in [-0.2, 0) is 10.6 Å². The number of hydrogen-bond acceptors (Lipinski definition) is 4. The lowest BCUT2D eigenvalue weighted by Crippen LogP contribution is -2.07. The molecule has 0 aromatic carbocycles. The Hall–Kier alpha value is -0.870. The maximum atomic E-state index is 5.56. The van der Waals surface area contributed by atoms with Gasteiger partial charge in [-0.2, -0.15) is 0 Å². The molecule has 0 aliphatic heterocycles. The fourth-order valence-electron chi connectivity index (χ4n) is 0.836. The van der Waals surface area contributed by atoms with Crippen molar-refractivity contribution in [3.05, 3.63) is 18.1 Å². The normalized spacial score (nSPS) is 10.1. The van der Waals surface area contributed by atoms with Crippen LogP contribution in [0.3, 0.4) is 0 Å². The van der Waals surface area contributed by atoms with Gasteiger partial charge in [-0.05, 0) is 6.92 Å². The van der Waals surface area contributed by atoms with Crippen LogP contribution in [0.2, 0.25) is 0 Å². The highest BCUT2D eigenvalue weighted by Crippen LogP contribution is 2.05. The summed E-state index contributed by atoms with van der Waals surface area (Å²) >= 11 is 5.56. The molecule has 78 valence electrons. The maximum Gasteiger partial charge on any atom is 0.232 e. The molecule has 0 radical (unpaired) electrons. The van der Waals surface area contributed by atoms with Gasteiger partial charge in [-0.25, -0.2) is 4.98 Å². The van der Waals surface area contributed by atoms with Gasteiger partial charge in [-0.1, -0.05) is 0 Å². The van der Waals surface area contributed by atoms with Crippen LogP contribution < -0.4 is 4.74 Å². The number of rotatable bonds is 6. The van der Waals surface area contributed by atoms with E-state index in [2.05, 4.69) is 9.97 Å². The Morgan fingerprint density at radius 1 is 1.29 bits per heavy atom. The van der Waals surface area contributed by atoms with Crippen molar-refractivity contribution < 1.29 is 9.47 Å². The van der Waals surface area contributed by atoms with Gasteiger partial charge in [0, 0.05) is 6.61 Å². The van der Waals surface area contributed by atoms with Crippen LogP contribution in [0.1, 0.15) is 12.6 Å². The van der Waals surface area contributed by atoms with Crippen LogP contribution in [0, 0.1) is 0 Å². The van der Waals surface area contributed by atoms with Crippen molar-refractivity contribution in [2.24, 2.45) is 0 Å². The summed E-state index contributed by atoms with van der Waals surface area (Å²) in [5, 5.41) is 0. The molecular weight excluding hydrogens is 204 g/mol. The molecule has 0 bridgehead atoms. The molecule has 14 heavy (non-hydrogen) atoms. The molecule has 0 N–H and O–H groups in total. The lowest BCUT2D eigenvalue weighted by atomic mass is 10.5. The largest absolute Gasteiger partial charge is 0.474 e. The summed E-state index contributed by atoms with van der Waals surface area (Å²) in [5.41, 5.74) is 0.740. The quantitative estimate of drug-likeness (QED) is 0.536. The molecule has 0 saturated carbocycles. The molecule has 0 aliphatic rings. The van der Waals surface area contributed by atoms with E-state index in [1.54, 1.807) is 12.4 Å². The lowest BCUT2D eigenvalue weighted by molar-refractivity contribution is 0.108. The molecule has 1 aromatic heterocycles. The zero-order valence-corrected chi connectivity index (χ0v) is 8.83. The van der Waals surface area contributed by atoms with Gasteiger partial charge in [0.1, 0.15) is 6.61 Å². The monoisotopic (exact) mass is 216 g/mol. The fraction of sp³-hybridized carbons (Fsp3) is 0.556. The summed E-state index contributed by atoms with van der Waals surface area (Å²) in [7, 11) is 0. The lowest BCUT2D eigenvalue weighted by Gasteiger charge is -2.04. The summed E-state index contributed by atoms with van der Waals surface area (Å²) < 4.78 is 10.4. The molecule has 1 heterocycles. The van der Waals surface area contributed by atoms with Gasteiger partial charge in [0.05, 0.1) is 30.6 Å². The zero-order valence-electron chi connectivity index (χ0n) is 8.07. The van der Waals surface area contributed by atoms with Gasteiger partial charge < -0.3 is 9.47 Å². The van der Waals surface area contributed by atoms with E-state index in [-0.39, 0.29) is 0 Å². The third kappa shape index (κ3) is 3.89. The summed E-state index contributed by atoms with van der Waals surface area (Å²) in [4.78, 5) is 8.06. The van der Waals surface area contributed by atoms with E-state index in [4.69, 9.17) is 21.1 Å². The van der Waals surface area contributed by atoms with Crippen molar-refractivity contribution in [2.45, 2.75) is 12.8 Å².